The van der Waals surface area contributed by atoms with Gasteiger partial charge in [0.05, 0.1) is 0 Å². The van der Waals surface area contributed by atoms with Crippen LogP contribution in [0.1, 0.15) is 39.0 Å². The van der Waals surface area contributed by atoms with Gasteiger partial charge >= 0.3 is 0 Å². The molecule has 0 aromatic heterocycles. The van der Waals surface area contributed by atoms with E-state index in [9.17, 15) is 4.79 Å². The minimum atomic E-state index is -0.248. The van der Waals surface area contributed by atoms with Gasteiger partial charge in [-0.3, -0.25) is 4.79 Å². The predicted molar refractivity (Wildman–Crippen MR) is 58.5 cm³/mol. The first kappa shape index (κ1) is 11.1. The summed E-state index contributed by atoms with van der Waals surface area (Å²) in [5.74, 6) is 0.601. The van der Waals surface area contributed by atoms with Gasteiger partial charge in [0.1, 0.15) is 5.78 Å². The Morgan fingerprint density at radius 1 is 1.33 bits per heavy atom. The van der Waals surface area contributed by atoms with Crippen LogP contribution in [0, 0.1) is 11.3 Å². The second-order valence-corrected chi connectivity index (χ2v) is 5.17. The van der Waals surface area contributed by atoms with Crippen molar-refractivity contribution in [3.63, 3.8) is 0 Å². The van der Waals surface area contributed by atoms with E-state index in [1.165, 1.54) is 0 Å². The van der Waals surface area contributed by atoms with Gasteiger partial charge in [0.15, 0.2) is 0 Å². The monoisotopic (exact) mass is 211 g/mol. The van der Waals surface area contributed by atoms with Crippen LogP contribution in [-0.4, -0.2) is 25.0 Å². The van der Waals surface area contributed by atoms with E-state index in [-0.39, 0.29) is 17.4 Å². The van der Waals surface area contributed by atoms with Crippen LogP contribution < -0.4 is 5.73 Å². The normalized spacial score (nSPS) is 38.1. The second-order valence-electron chi connectivity index (χ2n) is 5.17. The lowest BCUT2D eigenvalue weighted by molar-refractivity contribution is -0.135. The van der Waals surface area contributed by atoms with Crippen molar-refractivity contribution >= 4 is 5.78 Å². The van der Waals surface area contributed by atoms with E-state index in [1.807, 2.05) is 0 Å². The summed E-state index contributed by atoms with van der Waals surface area (Å²) >= 11 is 0. The van der Waals surface area contributed by atoms with E-state index in [4.69, 9.17) is 10.5 Å². The number of nitrogens with two attached hydrogens (primary N) is 1. The van der Waals surface area contributed by atoms with E-state index < -0.39 is 0 Å². The molecule has 0 aromatic rings. The molecule has 2 atom stereocenters. The fraction of sp³-hybridized carbons (Fsp3) is 0.917. The van der Waals surface area contributed by atoms with E-state index >= 15 is 0 Å². The van der Waals surface area contributed by atoms with Gasteiger partial charge in [-0.15, -0.1) is 0 Å². The topological polar surface area (TPSA) is 52.3 Å². The number of rotatable bonds is 2. The molecule has 2 aliphatic rings. The number of Topliss-reactive ketones (excluding diaryl/α,β-unsaturated/α-hetero) is 1. The van der Waals surface area contributed by atoms with Crippen LogP contribution in [0.5, 0.6) is 0 Å². The highest BCUT2D eigenvalue weighted by Gasteiger charge is 2.45. The molecular weight excluding hydrogens is 190 g/mol. The maximum atomic E-state index is 12.4. The summed E-state index contributed by atoms with van der Waals surface area (Å²) in [6.45, 7) is 3.53. The first-order chi connectivity index (χ1) is 7.14. The van der Waals surface area contributed by atoms with Crippen molar-refractivity contribution in [2.24, 2.45) is 17.1 Å². The lowest BCUT2D eigenvalue weighted by Crippen LogP contribution is -2.45. The number of carbonyl (C=O) groups excluding carboxylic acids is 1. The summed E-state index contributed by atoms with van der Waals surface area (Å²) < 4.78 is 5.29. The van der Waals surface area contributed by atoms with E-state index in [0.717, 1.165) is 45.3 Å². The lowest BCUT2D eigenvalue weighted by Gasteiger charge is -2.33. The second kappa shape index (κ2) is 4.22. The van der Waals surface area contributed by atoms with Crippen LogP contribution >= 0.6 is 0 Å². The third-order valence-electron chi connectivity index (χ3n) is 4.18. The number of carbonyl (C=O) groups is 1. The van der Waals surface area contributed by atoms with Crippen molar-refractivity contribution < 1.29 is 9.53 Å². The van der Waals surface area contributed by atoms with Gasteiger partial charge in [-0.25, -0.2) is 0 Å². The van der Waals surface area contributed by atoms with Crippen molar-refractivity contribution in [3.05, 3.63) is 0 Å². The van der Waals surface area contributed by atoms with Crippen molar-refractivity contribution in [1.82, 2.24) is 0 Å². The maximum Gasteiger partial charge on any atom is 0.143 e. The zero-order valence-electron chi connectivity index (χ0n) is 9.50. The molecule has 0 amide bonds. The third kappa shape index (κ3) is 1.95. The molecule has 1 heterocycles. The van der Waals surface area contributed by atoms with Crippen LogP contribution in [0.15, 0.2) is 0 Å². The molecule has 86 valence electrons. The number of hydrogen-bond acceptors (Lipinski definition) is 3. The predicted octanol–water partition coefficient (Wildman–Crippen LogP) is 1.50. The maximum absolute atomic E-state index is 12.4. The minimum Gasteiger partial charge on any atom is -0.381 e. The van der Waals surface area contributed by atoms with Gasteiger partial charge in [-0.05, 0) is 25.7 Å². The Morgan fingerprint density at radius 3 is 2.53 bits per heavy atom. The molecule has 1 aliphatic heterocycles. The fourth-order valence-electron chi connectivity index (χ4n) is 2.93. The van der Waals surface area contributed by atoms with E-state index in [0.29, 0.717) is 5.78 Å². The summed E-state index contributed by atoms with van der Waals surface area (Å²) in [4.78, 5) is 12.4. The van der Waals surface area contributed by atoms with Crippen LogP contribution in [0.2, 0.25) is 0 Å². The smallest absolute Gasteiger partial charge is 0.143 e. The largest absolute Gasteiger partial charge is 0.381 e. The molecule has 0 spiro atoms. The van der Waals surface area contributed by atoms with Gasteiger partial charge in [0.2, 0.25) is 0 Å². The van der Waals surface area contributed by atoms with Gasteiger partial charge in [0, 0.05) is 30.6 Å². The van der Waals surface area contributed by atoms with Crippen molar-refractivity contribution in [2.45, 2.75) is 45.1 Å². The standard InChI is InChI=1S/C12H21NO2/c1-12(6-2-3-10(12)13)11(14)9-4-7-15-8-5-9/h9-10H,2-8,13H2,1H3. The summed E-state index contributed by atoms with van der Waals surface area (Å²) in [6.07, 6.45) is 4.87. The van der Waals surface area contributed by atoms with Crippen LogP contribution in [0.25, 0.3) is 0 Å². The highest BCUT2D eigenvalue weighted by atomic mass is 16.5. The van der Waals surface area contributed by atoms with Gasteiger partial charge in [-0.1, -0.05) is 13.3 Å². The average Bonchev–Trinajstić information content (AvgIpc) is 2.61. The Hall–Kier alpha value is -0.410. The third-order valence-corrected chi connectivity index (χ3v) is 4.18. The van der Waals surface area contributed by atoms with Crippen molar-refractivity contribution in [2.75, 3.05) is 13.2 Å². The molecule has 2 rings (SSSR count). The molecule has 0 radical (unpaired) electrons. The molecule has 3 heteroatoms. The molecular formula is C12H21NO2. The highest BCUT2D eigenvalue weighted by Crippen LogP contribution is 2.40. The summed E-state index contributed by atoms with van der Waals surface area (Å²) in [5.41, 5.74) is 5.82. The summed E-state index contributed by atoms with van der Waals surface area (Å²) in [7, 11) is 0. The summed E-state index contributed by atoms with van der Waals surface area (Å²) in [5, 5.41) is 0. The molecule has 2 fully saturated rings. The molecule has 3 nitrogen and oxygen atoms in total. The van der Waals surface area contributed by atoms with Crippen LogP contribution in [0.4, 0.5) is 0 Å². The Morgan fingerprint density at radius 2 is 2.00 bits per heavy atom. The molecule has 0 bridgehead atoms. The molecule has 1 aliphatic carbocycles. The Bertz CT molecular complexity index is 248. The SMILES string of the molecule is CC1(C(=O)C2CCOCC2)CCCC1N. The zero-order chi connectivity index (χ0) is 10.9. The summed E-state index contributed by atoms with van der Waals surface area (Å²) in [6, 6.07) is 0.0767. The average molecular weight is 211 g/mol. The van der Waals surface area contributed by atoms with Gasteiger partial charge in [0.25, 0.3) is 0 Å². The quantitative estimate of drug-likeness (QED) is 0.753. The number of hydrogen-bond donors (Lipinski definition) is 1. The Labute approximate surface area is 91.4 Å². The molecule has 15 heavy (non-hydrogen) atoms. The van der Waals surface area contributed by atoms with Crippen LogP contribution in [0.3, 0.4) is 0 Å². The van der Waals surface area contributed by atoms with Gasteiger partial charge in [-0.2, -0.15) is 0 Å². The molecule has 0 aromatic carbocycles. The van der Waals surface area contributed by atoms with E-state index in [1.54, 1.807) is 0 Å². The lowest BCUT2D eigenvalue weighted by atomic mass is 9.73. The molecule has 1 saturated carbocycles. The van der Waals surface area contributed by atoms with Gasteiger partial charge < -0.3 is 10.5 Å². The van der Waals surface area contributed by atoms with Crippen molar-refractivity contribution in [3.8, 4) is 0 Å². The number of ether oxygens (including phenoxy) is 1. The molecule has 1 saturated heterocycles. The molecule has 2 N–H and O–H groups in total. The van der Waals surface area contributed by atoms with Crippen molar-refractivity contribution in [1.29, 1.82) is 0 Å². The number of ketones is 1. The Balaban J connectivity index is 2.05. The highest BCUT2D eigenvalue weighted by molar-refractivity contribution is 5.87. The zero-order valence-corrected chi connectivity index (χ0v) is 9.50. The first-order valence-corrected chi connectivity index (χ1v) is 6.02. The minimum absolute atomic E-state index is 0.0767. The fourth-order valence-corrected chi connectivity index (χ4v) is 2.93. The first-order valence-electron chi connectivity index (χ1n) is 6.02. The van der Waals surface area contributed by atoms with Crippen LogP contribution in [-0.2, 0) is 9.53 Å². The van der Waals surface area contributed by atoms with E-state index in [2.05, 4.69) is 6.92 Å². The molecule has 2 unspecified atom stereocenters. The Kier molecular flexibility index (Phi) is 3.12.